The number of rotatable bonds is 4. The van der Waals surface area contributed by atoms with Crippen LogP contribution in [0.3, 0.4) is 0 Å². The lowest BCUT2D eigenvalue weighted by Gasteiger charge is -2.27. The maximum Gasteiger partial charge on any atom is 0.300 e. The van der Waals surface area contributed by atoms with Crippen molar-refractivity contribution in [3.8, 4) is 5.75 Å². The van der Waals surface area contributed by atoms with Crippen LogP contribution in [0.2, 0.25) is 0 Å². The number of ether oxygens (including phenoxy) is 1. The summed E-state index contributed by atoms with van der Waals surface area (Å²) in [6.45, 7) is 5.73. The Labute approximate surface area is 187 Å². The number of ketones is 1. The van der Waals surface area contributed by atoms with Crippen molar-refractivity contribution in [2.75, 3.05) is 12.0 Å². The molecule has 1 aliphatic rings. The largest absolute Gasteiger partial charge is 0.507 e. The minimum absolute atomic E-state index is 0.0498. The lowest BCUT2D eigenvalue weighted by molar-refractivity contribution is -0.132. The lowest BCUT2D eigenvalue weighted by atomic mass is 9.92. The Bertz CT molecular complexity index is 1240. The van der Waals surface area contributed by atoms with Crippen LogP contribution in [0.4, 0.5) is 5.69 Å². The molecule has 1 unspecified atom stereocenters. The van der Waals surface area contributed by atoms with Crippen LogP contribution in [0.1, 0.15) is 33.9 Å². The number of aliphatic hydroxyl groups excluding tert-OH is 1. The molecule has 4 rings (SSSR count). The Morgan fingerprint density at radius 2 is 1.56 bits per heavy atom. The van der Waals surface area contributed by atoms with E-state index in [1.165, 1.54) is 4.90 Å². The van der Waals surface area contributed by atoms with Crippen molar-refractivity contribution in [2.24, 2.45) is 0 Å². The standard InChI is InChI=1S/C27H25NO4/c1-16-10-13-19(14-11-16)28-24(20-7-5-6-8-22(20)32-4)23(26(30)27(28)31)25(29)21-15-17(2)9-12-18(21)3/h5-15,24,29H,1-4H3/b25-23+. The SMILES string of the molecule is COc1ccccc1C1/C(=C(\O)c2cc(C)ccc2C)C(=O)C(=O)N1c1ccc(C)cc1. The van der Waals surface area contributed by atoms with Gasteiger partial charge in [0.1, 0.15) is 11.5 Å². The fourth-order valence-corrected chi connectivity index (χ4v) is 4.13. The third-order valence-corrected chi connectivity index (χ3v) is 5.84. The Kier molecular flexibility index (Phi) is 5.57. The molecule has 1 N–H and O–H groups in total. The summed E-state index contributed by atoms with van der Waals surface area (Å²) in [5.41, 5.74) is 4.58. The van der Waals surface area contributed by atoms with E-state index in [0.717, 1.165) is 16.7 Å². The van der Waals surface area contributed by atoms with Gasteiger partial charge in [0, 0.05) is 16.8 Å². The average Bonchev–Trinajstić information content (AvgIpc) is 3.06. The number of Topliss-reactive ketones (excluding diaryl/α,β-unsaturated/α-hetero) is 1. The highest BCUT2D eigenvalue weighted by Crippen LogP contribution is 2.45. The first kappa shape index (κ1) is 21.4. The van der Waals surface area contributed by atoms with Gasteiger partial charge in [-0.3, -0.25) is 14.5 Å². The Morgan fingerprint density at radius 1 is 0.906 bits per heavy atom. The molecule has 162 valence electrons. The molecule has 0 saturated carbocycles. The van der Waals surface area contributed by atoms with Crippen LogP contribution in [-0.4, -0.2) is 23.9 Å². The van der Waals surface area contributed by atoms with Crippen LogP contribution in [-0.2, 0) is 9.59 Å². The van der Waals surface area contributed by atoms with Gasteiger partial charge in [0.05, 0.1) is 18.7 Å². The van der Waals surface area contributed by atoms with Crippen LogP contribution in [0, 0.1) is 20.8 Å². The molecule has 3 aromatic rings. The van der Waals surface area contributed by atoms with Crippen LogP contribution in [0.5, 0.6) is 5.75 Å². The summed E-state index contributed by atoms with van der Waals surface area (Å²) in [6.07, 6.45) is 0. The highest BCUT2D eigenvalue weighted by molar-refractivity contribution is 6.51. The van der Waals surface area contributed by atoms with E-state index in [1.807, 2.05) is 69.3 Å². The number of carbonyl (C=O) groups is 2. The lowest BCUT2D eigenvalue weighted by Crippen LogP contribution is -2.29. The van der Waals surface area contributed by atoms with Crippen LogP contribution >= 0.6 is 0 Å². The van der Waals surface area contributed by atoms with Gasteiger partial charge < -0.3 is 9.84 Å². The number of methoxy groups -OCH3 is 1. The molecule has 0 bridgehead atoms. The molecular weight excluding hydrogens is 402 g/mol. The molecule has 3 aromatic carbocycles. The third kappa shape index (κ3) is 3.56. The number of aryl methyl sites for hydroxylation is 3. The van der Waals surface area contributed by atoms with E-state index in [0.29, 0.717) is 22.6 Å². The zero-order valence-electron chi connectivity index (χ0n) is 18.5. The highest BCUT2D eigenvalue weighted by atomic mass is 16.5. The number of amides is 1. The Morgan fingerprint density at radius 3 is 2.25 bits per heavy atom. The number of hydrogen-bond donors (Lipinski definition) is 1. The minimum atomic E-state index is -0.825. The molecule has 5 nitrogen and oxygen atoms in total. The normalized spacial score (nSPS) is 17.6. The zero-order valence-corrected chi connectivity index (χ0v) is 18.5. The smallest absolute Gasteiger partial charge is 0.300 e. The first-order valence-electron chi connectivity index (χ1n) is 10.4. The van der Waals surface area contributed by atoms with Gasteiger partial charge in [-0.2, -0.15) is 0 Å². The van der Waals surface area contributed by atoms with Crippen molar-refractivity contribution in [1.29, 1.82) is 0 Å². The van der Waals surface area contributed by atoms with Crippen molar-refractivity contribution in [3.05, 3.63) is 100 Å². The molecule has 1 fully saturated rings. The predicted octanol–water partition coefficient (Wildman–Crippen LogP) is 5.25. The van der Waals surface area contributed by atoms with Gasteiger partial charge in [-0.15, -0.1) is 0 Å². The van der Waals surface area contributed by atoms with Crippen LogP contribution in [0.25, 0.3) is 5.76 Å². The van der Waals surface area contributed by atoms with Gasteiger partial charge >= 0.3 is 0 Å². The van der Waals surface area contributed by atoms with Crippen molar-refractivity contribution in [3.63, 3.8) is 0 Å². The van der Waals surface area contributed by atoms with Gasteiger partial charge in [-0.1, -0.05) is 53.6 Å². The number of hydrogen-bond acceptors (Lipinski definition) is 4. The molecule has 0 radical (unpaired) electrons. The number of para-hydroxylation sites is 1. The van der Waals surface area contributed by atoms with Gasteiger partial charge in [0.2, 0.25) is 0 Å². The molecule has 1 atom stereocenters. The van der Waals surface area contributed by atoms with E-state index in [2.05, 4.69) is 0 Å². The van der Waals surface area contributed by atoms with Crippen LogP contribution < -0.4 is 9.64 Å². The molecule has 1 heterocycles. The topological polar surface area (TPSA) is 66.8 Å². The van der Waals surface area contributed by atoms with Crippen molar-refractivity contribution < 1.29 is 19.4 Å². The Balaban J connectivity index is 2.01. The molecule has 0 aliphatic carbocycles. The molecular formula is C27H25NO4. The van der Waals surface area contributed by atoms with E-state index < -0.39 is 17.7 Å². The first-order valence-corrected chi connectivity index (χ1v) is 10.4. The fraction of sp³-hybridized carbons (Fsp3) is 0.185. The predicted molar refractivity (Wildman–Crippen MR) is 125 cm³/mol. The minimum Gasteiger partial charge on any atom is -0.507 e. The summed E-state index contributed by atoms with van der Waals surface area (Å²) in [6, 6.07) is 19.5. The third-order valence-electron chi connectivity index (χ3n) is 5.84. The second-order valence-electron chi connectivity index (χ2n) is 8.06. The summed E-state index contributed by atoms with van der Waals surface area (Å²) < 4.78 is 5.55. The fourth-order valence-electron chi connectivity index (χ4n) is 4.13. The summed E-state index contributed by atoms with van der Waals surface area (Å²) in [5, 5.41) is 11.4. The molecule has 0 aromatic heterocycles. The van der Waals surface area contributed by atoms with Gasteiger partial charge in [-0.05, 0) is 50.6 Å². The first-order chi connectivity index (χ1) is 15.3. The molecule has 32 heavy (non-hydrogen) atoms. The van der Waals surface area contributed by atoms with Gasteiger partial charge in [-0.25, -0.2) is 0 Å². The Hall–Kier alpha value is -3.86. The van der Waals surface area contributed by atoms with E-state index in [1.54, 1.807) is 25.3 Å². The molecule has 1 saturated heterocycles. The van der Waals surface area contributed by atoms with E-state index in [-0.39, 0.29) is 11.3 Å². The average molecular weight is 428 g/mol. The monoisotopic (exact) mass is 427 g/mol. The molecule has 0 spiro atoms. The highest BCUT2D eigenvalue weighted by Gasteiger charge is 2.48. The second kappa shape index (κ2) is 8.35. The number of anilines is 1. The van der Waals surface area contributed by atoms with Crippen molar-refractivity contribution in [2.45, 2.75) is 26.8 Å². The number of benzene rings is 3. The maximum atomic E-state index is 13.3. The van der Waals surface area contributed by atoms with E-state index in [9.17, 15) is 14.7 Å². The van der Waals surface area contributed by atoms with Gasteiger partial charge in [0.15, 0.2) is 0 Å². The maximum absolute atomic E-state index is 13.3. The molecule has 1 amide bonds. The summed E-state index contributed by atoms with van der Waals surface area (Å²) in [4.78, 5) is 28.0. The van der Waals surface area contributed by atoms with E-state index >= 15 is 0 Å². The molecule has 5 heteroatoms. The second-order valence-corrected chi connectivity index (χ2v) is 8.06. The summed E-state index contributed by atoms with van der Waals surface area (Å²) in [5.74, 6) is -1.06. The van der Waals surface area contributed by atoms with Gasteiger partial charge in [0.25, 0.3) is 11.7 Å². The number of aliphatic hydroxyl groups is 1. The quantitative estimate of drug-likeness (QED) is 0.351. The number of carbonyl (C=O) groups excluding carboxylic acids is 2. The summed E-state index contributed by atoms with van der Waals surface area (Å²) in [7, 11) is 1.54. The molecule has 1 aliphatic heterocycles. The summed E-state index contributed by atoms with van der Waals surface area (Å²) >= 11 is 0. The zero-order chi connectivity index (χ0) is 23.0. The number of nitrogens with zero attached hydrogens (tertiary/aromatic N) is 1. The van der Waals surface area contributed by atoms with E-state index in [4.69, 9.17) is 4.74 Å². The van der Waals surface area contributed by atoms with Crippen molar-refractivity contribution in [1.82, 2.24) is 0 Å². The van der Waals surface area contributed by atoms with Crippen molar-refractivity contribution >= 4 is 23.1 Å². The van der Waals surface area contributed by atoms with Crippen LogP contribution in [0.15, 0.2) is 72.3 Å².